The van der Waals surface area contributed by atoms with Gasteiger partial charge in [-0.05, 0) is 38.1 Å². The van der Waals surface area contributed by atoms with Crippen molar-refractivity contribution in [3.05, 3.63) is 35.1 Å². The molecule has 2 aromatic rings. The van der Waals surface area contributed by atoms with Crippen molar-refractivity contribution in [2.45, 2.75) is 19.9 Å². The molecule has 0 amide bonds. The lowest BCUT2D eigenvalue weighted by atomic mass is 10.1. The zero-order valence-electron chi connectivity index (χ0n) is 11.7. The first-order valence-corrected chi connectivity index (χ1v) is 7.67. The summed E-state index contributed by atoms with van der Waals surface area (Å²) in [5.74, 6) is -0.210. The van der Waals surface area contributed by atoms with Crippen LogP contribution >= 0.6 is 11.3 Å². The quantitative estimate of drug-likeness (QED) is 0.922. The van der Waals surface area contributed by atoms with E-state index in [-0.39, 0.29) is 5.82 Å². The van der Waals surface area contributed by atoms with Gasteiger partial charge in [0.05, 0.1) is 5.01 Å². The topological polar surface area (TPSA) is 28.2 Å². The number of anilines is 1. The Labute approximate surface area is 122 Å². The number of thiazole rings is 1. The molecule has 5 heteroatoms. The molecule has 20 heavy (non-hydrogen) atoms. The van der Waals surface area contributed by atoms with Crippen molar-refractivity contribution in [1.82, 2.24) is 10.3 Å². The molecule has 1 aliphatic rings. The Hall–Kier alpha value is -1.46. The number of halogens is 1. The molecule has 1 unspecified atom stereocenters. The summed E-state index contributed by atoms with van der Waals surface area (Å²) in [5, 5.41) is 5.69. The molecule has 3 rings (SSSR count). The zero-order valence-corrected chi connectivity index (χ0v) is 12.5. The smallest absolute Gasteiger partial charge is 0.123 e. The van der Waals surface area contributed by atoms with E-state index in [2.05, 4.69) is 22.1 Å². The van der Waals surface area contributed by atoms with Gasteiger partial charge >= 0.3 is 0 Å². The Morgan fingerprint density at radius 2 is 2.10 bits per heavy atom. The van der Waals surface area contributed by atoms with Crippen molar-refractivity contribution in [2.75, 3.05) is 24.5 Å². The van der Waals surface area contributed by atoms with Crippen molar-refractivity contribution in [1.29, 1.82) is 0 Å². The van der Waals surface area contributed by atoms with Gasteiger partial charge in [0.1, 0.15) is 16.5 Å². The van der Waals surface area contributed by atoms with Crippen LogP contribution in [0.4, 0.5) is 9.39 Å². The van der Waals surface area contributed by atoms with Crippen LogP contribution in [0.25, 0.3) is 11.3 Å². The molecule has 1 atom stereocenters. The van der Waals surface area contributed by atoms with Crippen LogP contribution in [0.15, 0.2) is 24.3 Å². The molecule has 1 aromatic heterocycles. The van der Waals surface area contributed by atoms with E-state index in [1.807, 2.05) is 6.92 Å². The summed E-state index contributed by atoms with van der Waals surface area (Å²) in [6.45, 7) is 7.17. The predicted molar refractivity (Wildman–Crippen MR) is 81.9 cm³/mol. The lowest BCUT2D eigenvalue weighted by Crippen LogP contribution is -2.49. The third kappa shape index (κ3) is 2.69. The molecule has 1 fully saturated rings. The number of aryl methyl sites for hydroxylation is 1. The van der Waals surface area contributed by atoms with E-state index in [9.17, 15) is 4.39 Å². The summed E-state index contributed by atoms with van der Waals surface area (Å²) in [7, 11) is 0. The second kappa shape index (κ2) is 5.50. The molecule has 106 valence electrons. The summed E-state index contributed by atoms with van der Waals surface area (Å²) in [6.07, 6.45) is 0. The highest BCUT2D eigenvalue weighted by atomic mass is 32.1. The van der Waals surface area contributed by atoms with Gasteiger partial charge < -0.3 is 10.2 Å². The van der Waals surface area contributed by atoms with Gasteiger partial charge in [-0.3, -0.25) is 0 Å². The minimum atomic E-state index is -0.210. The number of piperazine rings is 1. The highest BCUT2D eigenvalue weighted by molar-refractivity contribution is 7.16. The first-order valence-electron chi connectivity index (χ1n) is 6.85. The van der Waals surface area contributed by atoms with Crippen molar-refractivity contribution in [3.63, 3.8) is 0 Å². The fourth-order valence-electron chi connectivity index (χ4n) is 2.54. The summed E-state index contributed by atoms with van der Waals surface area (Å²) in [4.78, 5) is 7.02. The minimum Gasteiger partial charge on any atom is -0.359 e. The maximum Gasteiger partial charge on any atom is 0.123 e. The van der Waals surface area contributed by atoms with Crippen LogP contribution in [-0.2, 0) is 0 Å². The molecule has 1 saturated heterocycles. The van der Waals surface area contributed by atoms with Crippen LogP contribution in [0.1, 0.15) is 11.9 Å². The maximum atomic E-state index is 13.1. The fraction of sp³-hybridized carbons (Fsp3) is 0.400. The number of hydrogen-bond donors (Lipinski definition) is 1. The highest BCUT2D eigenvalue weighted by Gasteiger charge is 2.22. The Morgan fingerprint density at radius 3 is 2.80 bits per heavy atom. The SMILES string of the molecule is Cc1nc(-c2ccc(F)cc2)c(N2CCNC(C)C2)s1. The normalized spacial score (nSPS) is 19.4. The molecule has 0 aliphatic carbocycles. The molecule has 0 saturated carbocycles. The molecular formula is C15H18FN3S. The van der Waals surface area contributed by atoms with E-state index in [1.165, 1.54) is 17.1 Å². The van der Waals surface area contributed by atoms with Crippen molar-refractivity contribution in [3.8, 4) is 11.3 Å². The number of benzene rings is 1. The van der Waals surface area contributed by atoms with Crippen LogP contribution < -0.4 is 10.2 Å². The Bertz CT molecular complexity index is 594. The van der Waals surface area contributed by atoms with Crippen LogP contribution in [0.3, 0.4) is 0 Å². The fourth-order valence-corrected chi connectivity index (χ4v) is 3.52. The lowest BCUT2D eigenvalue weighted by Gasteiger charge is -2.33. The summed E-state index contributed by atoms with van der Waals surface area (Å²) >= 11 is 1.72. The first-order chi connectivity index (χ1) is 9.63. The average molecular weight is 291 g/mol. The van der Waals surface area contributed by atoms with Crippen LogP contribution in [-0.4, -0.2) is 30.7 Å². The van der Waals surface area contributed by atoms with Gasteiger partial charge in [-0.2, -0.15) is 0 Å². The van der Waals surface area contributed by atoms with Gasteiger partial charge in [0, 0.05) is 31.2 Å². The van der Waals surface area contributed by atoms with E-state index in [0.717, 1.165) is 35.9 Å². The Balaban J connectivity index is 1.97. The van der Waals surface area contributed by atoms with Crippen molar-refractivity contribution < 1.29 is 4.39 Å². The predicted octanol–water partition coefficient (Wildman–Crippen LogP) is 3.06. The number of nitrogens with one attached hydrogen (secondary N) is 1. The molecule has 1 aromatic carbocycles. The van der Waals surface area contributed by atoms with Gasteiger partial charge in [-0.1, -0.05) is 0 Å². The van der Waals surface area contributed by atoms with E-state index in [0.29, 0.717) is 6.04 Å². The van der Waals surface area contributed by atoms with Gasteiger partial charge in [-0.25, -0.2) is 9.37 Å². The van der Waals surface area contributed by atoms with Gasteiger partial charge in [0.2, 0.25) is 0 Å². The van der Waals surface area contributed by atoms with E-state index >= 15 is 0 Å². The van der Waals surface area contributed by atoms with Gasteiger partial charge in [0.15, 0.2) is 0 Å². The monoisotopic (exact) mass is 291 g/mol. The van der Waals surface area contributed by atoms with E-state index in [1.54, 1.807) is 23.5 Å². The van der Waals surface area contributed by atoms with E-state index < -0.39 is 0 Å². The van der Waals surface area contributed by atoms with Crippen LogP contribution in [0.2, 0.25) is 0 Å². The molecule has 1 N–H and O–H groups in total. The largest absolute Gasteiger partial charge is 0.359 e. The third-order valence-corrected chi connectivity index (χ3v) is 4.52. The standard InChI is InChI=1S/C15H18FN3S/c1-10-9-19(8-7-17-10)15-14(18-11(2)20-15)12-3-5-13(16)6-4-12/h3-6,10,17H,7-9H2,1-2H3. The summed E-state index contributed by atoms with van der Waals surface area (Å²) in [6, 6.07) is 7.08. The van der Waals surface area contributed by atoms with Crippen molar-refractivity contribution >= 4 is 16.3 Å². The number of hydrogen-bond acceptors (Lipinski definition) is 4. The second-order valence-electron chi connectivity index (χ2n) is 5.19. The van der Waals surface area contributed by atoms with Gasteiger partial charge in [-0.15, -0.1) is 11.3 Å². The molecule has 2 heterocycles. The Morgan fingerprint density at radius 1 is 1.35 bits per heavy atom. The van der Waals surface area contributed by atoms with E-state index in [4.69, 9.17) is 0 Å². The van der Waals surface area contributed by atoms with Crippen molar-refractivity contribution in [2.24, 2.45) is 0 Å². The lowest BCUT2D eigenvalue weighted by molar-refractivity contribution is 0.486. The third-order valence-electron chi connectivity index (χ3n) is 3.49. The zero-order chi connectivity index (χ0) is 14.1. The first kappa shape index (κ1) is 13.5. The Kier molecular flexibility index (Phi) is 3.72. The molecule has 3 nitrogen and oxygen atoms in total. The molecule has 0 spiro atoms. The molecule has 0 radical (unpaired) electrons. The number of nitrogens with zero attached hydrogens (tertiary/aromatic N) is 2. The number of rotatable bonds is 2. The molecular weight excluding hydrogens is 273 g/mol. The molecule has 0 bridgehead atoms. The van der Waals surface area contributed by atoms with Crippen LogP contribution in [0, 0.1) is 12.7 Å². The highest BCUT2D eigenvalue weighted by Crippen LogP contribution is 2.36. The second-order valence-corrected chi connectivity index (χ2v) is 6.38. The molecule has 1 aliphatic heterocycles. The maximum absolute atomic E-state index is 13.1. The van der Waals surface area contributed by atoms with Crippen LogP contribution in [0.5, 0.6) is 0 Å². The minimum absolute atomic E-state index is 0.210. The summed E-state index contributed by atoms with van der Waals surface area (Å²) in [5.41, 5.74) is 1.96. The van der Waals surface area contributed by atoms with Gasteiger partial charge in [0.25, 0.3) is 0 Å². The summed E-state index contributed by atoms with van der Waals surface area (Å²) < 4.78 is 13.1. The average Bonchev–Trinajstić information content (AvgIpc) is 2.82. The number of aromatic nitrogens is 1.